The lowest BCUT2D eigenvalue weighted by molar-refractivity contribution is 0.0550. The van der Waals surface area contributed by atoms with E-state index >= 15 is 0 Å². The van der Waals surface area contributed by atoms with Crippen LogP contribution in [0.1, 0.15) is 67.2 Å². The quantitative estimate of drug-likeness (QED) is 0.234. The first kappa shape index (κ1) is 34.1. The molecule has 6 aliphatic heterocycles. The van der Waals surface area contributed by atoms with Gasteiger partial charge in [0, 0.05) is 48.8 Å². The highest BCUT2D eigenvalue weighted by atomic mass is 35.5. The van der Waals surface area contributed by atoms with Gasteiger partial charge in [0.1, 0.15) is 16.4 Å². The van der Waals surface area contributed by atoms with E-state index in [4.69, 9.17) is 37.7 Å². The van der Waals surface area contributed by atoms with E-state index in [0.717, 1.165) is 74.5 Å². The molecule has 256 valence electrons. The van der Waals surface area contributed by atoms with Gasteiger partial charge in [-0.3, -0.25) is 9.80 Å². The first-order valence-corrected chi connectivity index (χ1v) is 17.4. The molecule has 8 heterocycles. The monoisotopic (exact) mass is 694 g/mol. The minimum atomic E-state index is -0.549. The zero-order valence-electron chi connectivity index (χ0n) is 28.5. The molecule has 2 fully saturated rings. The molecule has 1 aromatic carbocycles. The molecule has 2 aromatic heterocycles. The van der Waals surface area contributed by atoms with Crippen molar-refractivity contribution < 1.29 is 19.1 Å². The van der Waals surface area contributed by atoms with E-state index < -0.39 is 11.2 Å². The van der Waals surface area contributed by atoms with Crippen molar-refractivity contribution in [3.8, 4) is 11.3 Å². The van der Waals surface area contributed by atoms with Crippen molar-refractivity contribution in [3.05, 3.63) is 58.7 Å². The summed E-state index contributed by atoms with van der Waals surface area (Å²) in [6.07, 6.45) is 3.02. The number of nitrogens with zero attached hydrogens (tertiary/aromatic N) is 6. The number of aromatic nitrogens is 2. The smallest absolute Gasteiger partial charge is 0.416 e. The van der Waals surface area contributed by atoms with Crippen molar-refractivity contribution in [2.24, 2.45) is 0 Å². The molecule has 9 rings (SSSR count). The number of amides is 2. The van der Waals surface area contributed by atoms with Gasteiger partial charge in [0.15, 0.2) is 11.6 Å². The van der Waals surface area contributed by atoms with Gasteiger partial charge in [-0.25, -0.2) is 19.6 Å². The number of rotatable bonds is 1. The Kier molecular flexibility index (Phi) is 9.43. The van der Waals surface area contributed by atoms with Crippen LogP contribution in [-0.2, 0) is 9.47 Å². The fourth-order valence-corrected chi connectivity index (χ4v) is 7.02. The maximum atomic E-state index is 13.0. The number of pyridine rings is 2. The molecule has 2 saturated heterocycles. The Labute approximate surface area is 292 Å². The summed E-state index contributed by atoms with van der Waals surface area (Å²) in [5.41, 5.74) is 2.61. The molecule has 3 aromatic rings. The number of fused-ring (bicyclic) bond motifs is 4. The summed E-state index contributed by atoms with van der Waals surface area (Å²) in [6, 6.07) is 15.6. The van der Waals surface area contributed by atoms with Crippen LogP contribution >= 0.6 is 23.2 Å². The Balaban J connectivity index is 0.000000173. The lowest BCUT2D eigenvalue weighted by Gasteiger charge is -2.33. The Bertz CT molecular complexity index is 1670. The molecular weight excluding hydrogens is 651 g/mol. The highest BCUT2D eigenvalue weighted by molar-refractivity contribution is 6.30. The highest BCUT2D eigenvalue weighted by Crippen LogP contribution is 2.41. The Hall–Kier alpha value is -3.76. The molecule has 12 heteroatoms. The predicted octanol–water partition coefficient (Wildman–Crippen LogP) is 8.58. The Morgan fingerprint density at radius 2 is 1.17 bits per heavy atom. The van der Waals surface area contributed by atoms with Crippen LogP contribution in [0, 0.1) is 0 Å². The van der Waals surface area contributed by atoms with E-state index in [1.165, 1.54) is 0 Å². The highest BCUT2D eigenvalue weighted by Gasteiger charge is 2.40. The van der Waals surface area contributed by atoms with Crippen LogP contribution in [0.3, 0.4) is 0 Å². The van der Waals surface area contributed by atoms with Gasteiger partial charge >= 0.3 is 12.2 Å². The van der Waals surface area contributed by atoms with Crippen molar-refractivity contribution >= 4 is 58.4 Å². The molecule has 6 aliphatic rings. The first-order valence-electron chi connectivity index (χ1n) is 16.6. The topological polar surface area (TPSA) is 91.3 Å². The largest absolute Gasteiger partial charge is 0.443 e. The van der Waals surface area contributed by atoms with Crippen LogP contribution in [0.25, 0.3) is 11.3 Å². The number of ether oxygens (including phenoxy) is 2. The van der Waals surface area contributed by atoms with Crippen LogP contribution in [0.5, 0.6) is 0 Å². The number of piperidine rings is 2. The molecule has 0 saturated carbocycles. The van der Waals surface area contributed by atoms with Gasteiger partial charge in [-0.1, -0.05) is 35.3 Å². The molecule has 0 aliphatic carbocycles. The van der Waals surface area contributed by atoms with Gasteiger partial charge in [-0.2, -0.15) is 0 Å². The zero-order valence-corrected chi connectivity index (χ0v) is 30.0. The lowest BCUT2D eigenvalue weighted by Crippen LogP contribution is -2.46. The third kappa shape index (κ3) is 7.44. The van der Waals surface area contributed by atoms with Crippen molar-refractivity contribution in [1.29, 1.82) is 0 Å². The zero-order chi connectivity index (χ0) is 34.4. The van der Waals surface area contributed by atoms with Crippen LogP contribution in [0.2, 0.25) is 10.2 Å². The van der Waals surface area contributed by atoms with E-state index in [9.17, 15) is 9.59 Å². The molecule has 0 radical (unpaired) electrons. The Morgan fingerprint density at radius 3 is 1.65 bits per heavy atom. The second-order valence-corrected chi connectivity index (χ2v) is 15.5. The molecule has 0 N–H and O–H groups in total. The SMILES string of the molecule is CC(C)(C)OC(=O)N1c2nc(-c3cccc(Cl)c3)ccc2N2CCC1CC2.CC(C)(C)OC(=O)N1c2nc(Cl)ccc2N2CCC1CC2. The van der Waals surface area contributed by atoms with Crippen molar-refractivity contribution in [2.75, 3.05) is 45.8 Å². The minimum Gasteiger partial charge on any atom is -0.443 e. The maximum absolute atomic E-state index is 13.0. The second-order valence-electron chi connectivity index (χ2n) is 14.7. The summed E-state index contributed by atoms with van der Waals surface area (Å²) in [5, 5.41) is 1.06. The minimum absolute atomic E-state index is 0.111. The maximum Gasteiger partial charge on any atom is 0.416 e. The number of hydrogen-bond donors (Lipinski definition) is 0. The first-order chi connectivity index (χ1) is 22.7. The van der Waals surface area contributed by atoms with E-state index in [1.807, 2.05) is 77.9 Å². The fraction of sp³-hybridized carbons (Fsp3) is 0.500. The summed E-state index contributed by atoms with van der Waals surface area (Å²) in [4.78, 5) is 43.0. The van der Waals surface area contributed by atoms with Crippen LogP contribution in [0.4, 0.5) is 32.6 Å². The van der Waals surface area contributed by atoms with Gasteiger partial charge in [0.25, 0.3) is 0 Å². The normalized spacial score (nSPS) is 17.6. The third-order valence-corrected chi connectivity index (χ3v) is 9.22. The standard InChI is InChI=1S/C21H24ClN3O2.C15H20ClN3O2/c1-21(2,3)27-20(26)25-16-9-11-24(12-10-16)18-8-7-17(23-19(18)25)14-5-4-6-15(22)13-14;1-15(2,3)21-14(20)19-10-6-8-18(9-7-10)11-4-5-12(16)17-13(11)19/h4-8,13,16H,9-12H2,1-3H3;4-5,10H,6-9H2,1-3H3. The number of anilines is 4. The van der Waals surface area contributed by atoms with Crippen molar-refractivity contribution in [3.63, 3.8) is 0 Å². The number of hydrogen-bond acceptors (Lipinski definition) is 8. The molecule has 0 atom stereocenters. The van der Waals surface area contributed by atoms with E-state index in [2.05, 4.69) is 20.9 Å². The summed E-state index contributed by atoms with van der Waals surface area (Å²) >= 11 is 12.2. The average molecular weight is 696 g/mol. The number of carbonyl (C=O) groups excluding carboxylic acids is 2. The van der Waals surface area contributed by atoms with Gasteiger partial charge in [0.05, 0.1) is 17.1 Å². The summed E-state index contributed by atoms with van der Waals surface area (Å²) < 4.78 is 11.3. The number of halogens is 2. The summed E-state index contributed by atoms with van der Waals surface area (Å²) in [5.74, 6) is 1.30. The molecule has 4 bridgehead atoms. The predicted molar refractivity (Wildman–Crippen MR) is 192 cm³/mol. The fourth-order valence-electron chi connectivity index (χ4n) is 6.68. The second kappa shape index (κ2) is 13.3. The molecule has 10 nitrogen and oxygen atoms in total. The van der Waals surface area contributed by atoms with Crippen molar-refractivity contribution in [1.82, 2.24) is 9.97 Å². The molecule has 0 spiro atoms. The van der Waals surface area contributed by atoms with Gasteiger partial charge in [0.2, 0.25) is 0 Å². The van der Waals surface area contributed by atoms with Crippen LogP contribution < -0.4 is 19.6 Å². The van der Waals surface area contributed by atoms with E-state index in [0.29, 0.717) is 21.8 Å². The summed E-state index contributed by atoms with van der Waals surface area (Å²) in [7, 11) is 0. The molecular formula is C36H44Cl2N6O4. The Morgan fingerprint density at radius 1 is 0.688 bits per heavy atom. The van der Waals surface area contributed by atoms with Crippen molar-refractivity contribution in [2.45, 2.75) is 90.5 Å². The van der Waals surface area contributed by atoms with Crippen LogP contribution in [0.15, 0.2) is 48.5 Å². The van der Waals surface area contributed by atoms with Crippen LogP contribution in [-0.4, -0.2) is 71.6 Å². The molecule has 2 amide bonds. The van der Waals surface area contributed by atoms with Gasteiger partial charge in [-0.15, -0.1) is 0 Å². The van der Waals surface area contributed by atoms with Gasteiger partial charge < -0.3 is 19.3 Å². The molecule has 0 unspecified atom stereocenters. The van der Waals surface area contributed by atoms with E-state index in [1.54, 1.807) is 15.9 Å². The average Bonchev–Trinajstić information content (AvgIpc) is 3.40. The third-order valence-electron chi connectivity index (χ3n) is 8.77. The van der Waals surface area contributed by atoms with E-state index in [-0.39, 0.29) is 24.3 Å². The lowest BCUT2D eigenvalue weighted by atomic mass is 10.1. The number of benzene rings is 1. The number of carbonyl (C=O) groups is 2. The van der Waals surface area contributed by atoms with Gasteiger partial charge in [-0.05, 0) is 104 Å². The summed E-state index contributed by atoms with van der Waals surface area (Å²) in [6.45, 7) is 15.0. The molecule has 48 heavy (non-hydrogen) atoms.